The first-order chi connectivity index (χ1) is 39.7. The molecule has 3 aliphatic rings. The second-order valence-corrected chi connectivity index (χ2v) is 25.5. The van der Waals surface area contributed by atoms with Crippen molar-refractivity contribution in [1.29, 1.82) is 0 Å². The van der Waals surface area contributed by atoms with Crippen LogP contribution in [0.1, 0.15) is 44.5 Å². The van der Waals surface area contributed by atoms with E-state index in [4.69, 9.17) is 0 Å². The van der Waals surface area contributed by atoms with Gasteiger partial charge in [0, 0.05) is 17.1 Å². The van der Waals surface area contributed by atoms with Crippen molar-refractivity contribution < 1.29 is 0 Å². The molecule has 1 nitrogen and oxygen atoms in total. The first kappa shape index (κ1) is 46.3. The van der Waals surface area contributed by atoms with Crippen LogP contribution in [0.5, 0.6) is 0 Å². The number of fused-ring (bicyclic) bond motifs is 10. The van der Waals surface area contributed by atoms with E-state index >= 15 is 0 Å². The Morgan fingerprint density at radius 2 is 0.600 bits per heavy atom. The maximum atomic E-state index is 2.66. The van der Waals surface area contributed by atoms with Crippen molar-refractivity contribution in [1.82, 2.24) is 0 Å². The highest BCUT2D eigenvalue weighted by Crippen LogP contribution is 2.60. The first-order valence-electron chi connectivity index (χ1n) is 28.0. The lowest BCUT2D eigenvalue weighted by Crippen LogP contribution is -2.72. The summed E-state index contributed by atoms with van der Waals surface area (Å²) in [6, 6.07) is 122. The van der Waals surface area contributed by atoms with Gasteiger partial charge in [-0.15, -0.1) is 0 Å². The largest absolute Gasteiger partial charge is 0.310 e. The zero-order valence-electron chi connectivity index (χ0n) is 44.0. The summed E-state index contributed by atoms with van der Waals surface area (Å²) in [7, 11) is -2.96. The van der Waals surface area contributed by atoms with Gasteiger partial charge < -0.3 is 4.90 Å². The van der Waals surface area contributed by atoms with E-state index in [9.17, 15) is 0 Å². The van der Waals surface area contributed by atoms with Crippen molar-refractivity contribution in [2.75, 3.05) is 4.90 Å². The van der Waals surface area contributed by atoms with Gasteiger partial charge in [0.1, 0.15) is 0 Å². The molecule has 0 bridgehead atoms. The Balaban J connectivity index is 0.965. The van der Waals surface area contributed by atoms with E-state index < -0.39 is 18.9 Å². The summed E-state index contributed by atoms with van der Waals surface area (Å²) in [6.45, 7) is 0. The minimum Gasteiger partial charge on any atom is -0.310 e. The molecule has 2 aliphatic carbocycles. The lowest BCUT2D eigenvalue weighted by Gasteiger charge is -2.37. The topological polar surface area (TPSA) is 3.24 Å². The molecule has 1 unspecified atom stereocenters. The highest BCUT2D eigenvalue weighted by Gasteiger charge is 2.52. The van der Waals surface area contributed by atoms with Crippen LogP contribution in [-0.4, -0.2) is 8.07 Å². The Bertz CT molecular complexity index is 4440. The SMILES string of the molecule is c1ccc(N(c2ccc3c(c2)C(c2ccccc2)(c2ccccc2)c2ccccc2-3)c2ccc3c(c2)C(c2ccccc2)(c2ccc4c(c2)[Si](c2ccccc2)(c2ccccc2)c2cc5ccccc5cc2-4)c2ccccc2-3)cc1. The van der Waals surface area contributed by atoms with Crippen LogP contribution in [0, 0.1) is 0 Å². The lowest BCUT2D eigenvalue weighted by atomic mass is 9.67. The number of benzene rings is 13. The van der Waals surface area contributed by atoms with Crippen LogP contribution in [0.4, 0.5) is 17.1 Å². The van der Waals surface area contributed by atoms with Crippen molar-refractivity contribution in [2.45, 2.75) is 10.8 Å². The van der Waals surface area contributed by atoms with Crippen molar-refractivity contribution in [3.63, 3.8) is 0 Å². The predicted molar refractivity (Wildman–Crippen MR) is 336 cm³/mol. The van der Waals surface area contributed by atoms with E-state index in [-0.39, 0.29) is 0 Å². The smallest absolute Gasteiger partial charge is 0.180 e. The van der Waals surface area contributed by atoms with Crippen LogP contribution >= 0.6 is 0 Å². The Morgan fingerprint density at radius 3 is 1.10 bits per heavy atom. The Morgan fingerprint density at radius 1 is 0.225 bits per heavy atom. The molecular weight excluding hydrogens is 979 g/mol. The van der Waals surface area contributed by atoms with Gasteiger partial charge in [-0.2, -0.15) is 0 Å². The van der Waals surface area contributed by atoms with E-state index in [1.54, 1.807) is 0 Å². The Hall–Kier alpha value is -9.86. The van der Waals surface area contributed by atoms with Gasteiger partial charge in [0.05, 0.1) is 10.8 Å². The first-order valence-corrected chi connectivity index (χ1v) is 30.0. The maximum Gasteiger partial charge on any atom is 0.180 e. The van der Waals surface area contributed by atoms with Crippen molar-refractivity contribution >= 4 is 56.7 Å². The molecule has 2 heteroatoms. The molecule has 80 heavy (non-hydrogen) atoms. The van der Waals surface area contributed by atoms with Gasteiger partial charge >= 0.3 is 0 Å². The van der Waals surface area contributed by atoms with E-state index in [1.165, 1.54) is 109 Å². The minimum absolute atomic E-state index is 0.549. The molecule has 0 aromatic heterocycles. The number of hydrogen-bond acceptors (Lipinski definition) is 1. The summed E-state index contributed by atoms with van der Waals surface area (Å²) < 4.78 is 0. The molecule has 1 heterocycles. The second kappa shape index (κ2) is 18.1. The summed E-state index contributed by atoms with van der Waals surface area (Å²) in [5.41, 5.74) is 19.9. The Labute approximate surface area is 469 Å². The average molecular weight is 1030 g/mol. The van der Waals surface area contributed by atoms with Crippen LogP contribution in [0.15, 0.2) is 322 Å². The molecule has 0 saturated heterocycles. The molecule has 0 amide bonds. The number of anilines is 3. The van der Waals surface area contributed by atoms with Crippen molar-refractivity contribution in [3.05, 3.63) is 366 Å². The average Bonchev–Trinajstić information content (AvgIpc) is 4.31. The van der Waals surface area contributed by atoms with Gasteiger partial charge in [0.15, 0.2) is 8.07 Å². The molecule has 0 spiro atoms. The highest BCUT2D eigenvalue weighted by atomic mass is 28.3. The molecule has 1 atom stereocenters. The lowest BCUT2D eigenvalue weighted by molar-refractivity contribution is 0.768. The van der Waals surface area contributed by atoms with Crippen LogP contribution in [-0.2, 0) is 10.8 Å². The van der Waals surface area contributed by atoms with E-state index in [1.807, 2.05) is 0 Å². The third-order valence-corrected chi connectivity index (χ3v) is 22.9. The van der Waals surface area contributed by atoms with E-state index in [0.717, 1.165) is 17.1 Å². The zero-order valence-corrected chi connectivity index (χ0v) is 45.0. The normalized spacial score (nSPS) is 15.5. The fourth-order valence-corrected chi connectivity index (χ4v) is 20.1. The van der Waals surface area contributed by atoms with Gasteiger partial charge in [-0.3, -0.25) is 0 Å². The molecule has 1 aliphatic heterocycles. The zero-order chi connectivity index (χ0) is 52.8. The van der Waals surface area contributed by atoms with Gasteiger partial charge in [-0.25, -0.2) is 0 Å². The third kappa shape index (κ3) is 6.45. The molecule has 0 saturated carbocycles. The maximum absolute atomic E-state index is 2.96. The summed E-state index contributed by atoms with van der Waals surface area (Å²) in [5.74, 6) is 0. The summed E-state index contributed by atoms with van der Waals surface area (Å²) in [4.78, 5) is 2.50. The molecular formula is C78H53NSi. The molecule has 13 aromatic rings. The monoisotopic (exact) mass is 1030 g/mol. The van der Waals surface area contributed by atoms with Crippen LogP contribution in [0.2, 0.25) is 0 Å². The quantitative estimate of drug-likeness (QED) is 0.130. The number of para-hydroxylation sites is 1. The molecule has 0 radical (unpaired) electrons. The fraction of sp³-hybridized carbons (Fsp3) is 0.0256. The fourth-order valence-electron chi connectivity index (χ4n) is 14.9. The van der Waals surface area contributed by atoms with Gasteiger partial charge in [0.25, 0.3) is 0 Å². The molecule has 0 fully saturated rings. The van der Waals surface area contributed by atoms with Crippen LogP contribution < -0.4 is 25.6 Å². The minimum atomic E-state index is -2.96. The van der Waals surface area contributed by atoms with Crippen LogP contribution in [0.3, 0.4) is 0 Å². The van der Waals surface area contributed by atoms with Gasteiger partial charge in [-0.1, -0.05) is 279 Å². The van der Waals surface area contributed by atoms with E-state index in [0.29, 0.717) is 0 Å². The Kier molecular flexibility index (Phi) is 10.5. The van der Waals surface area contributed by atoms with Crippen LogP contribution in [0.25, 0.3) is 44.2 Å². The standard InChI is InChI=1S/C78H53NSi/c1-7-27-56(28-8-1)77(57-29-9-2-10-30-57)71-41-23-21-39-65(71)67-47-44-61(52-73(67)77)79(60-33-13-4-14-34-60)62-45-48-68-66-40-22-24-42-72(66)78(74(68)53-62,58-31-11-3-12-32-58)59-43-46-69-70-49-54-25-19-20-26-55(54)50-75(70)80(76(69)51-59,63-35-15-5-16-36-63)64-37-17-6-18-38-64/h1-53H. The second-order valence-electron chi connectivity index (χ2n) is 21.8. The number of nitrogens with zero attached hydrogens (tertiary/aromatic N) is 1. The summed E-state index contributed by atoms with van der Waals surface area (Å²) in [6.07, 6.45) is 0. The third-order valence-electron chi connectivity index (χ3n) is 18.1. The van der Waals surface area contributed by atoms with Crippen molar-refractivity contribution in [3.8, 4) is 33.4 Å². The number of hydrogen-bond donors (Lipinski definition) is 0. The molecule has 13 aromatic carbocycles. The summed E-state index contributed by atoms with van der Waals surface area (Å²) in [5, 5.41) is 8.20. The van der Waals surface area contributed by atoms with Gasteiger partial charge in [0.2, 0.25) is 0 Å². The van der Waals surface area contributed by atoms with Crippen molar-refractivity contribution in [2.24, 2.45) is 0 Å². The highest BCUT2D eigenvalue weighted by molar-refractivity contribution is 7.22. The summed E-state index contributed by atoms with van der Waals surface area (Å²) >= 11 is 0. The van der Waals surface area contributed by atoms with Gasteiger partial charge in [-0.05, 0) is 152 Å². The van der Waals surface area contributed by atoms with E-state index in [2.05, 4.69) is 326 Å². The predicted octanol–water partition coefficient (Wildman–Crippen LogP) is 16.4. The number of rotatable bonds is 9. The molecule has 374 valence electrons. The molecule has 16 rings (SSSR count). The molecule has 0 N–H and O–H groups in total.